The predicted molar refractivity (Wildman–Crippen MR) is 89.5 cm³/mol. The van der Waals surface area contributed by atoms with E-state index in [9.17, 15) is 14.7 Å². The van der Waals surface area contributed by atoms with Crippen molar-refractivity contribution in [2.45, 2.75) is 44.9 Å². The molecule has 8 heteroatoms. The summed E-state index contributed by atoms with van der Waals surface area (Å²) in [4.78, 5) is 22.9. The maximum absolute atomic E-state index is 11.5. The lowest BCUT2D eigenvalue weighted by molar-refractivity contribution is -0.256. The summed E-state index contributed by atoms with van der Waals surface area (Å²) in [6, 6.07) is 7.35. The lowest BCUT2D eigenvalue weighted by atomic mass is 10.1. The van der Waals surface area contributed by atoms with Crippen LogP contribution in [0.25, 0.3) is 0 Å². The van der Waals surface area contributed by atoms with Gasteiger partial charge in [0.05, 0.1) is 0 Å². The lowest BCUT2D eigenvalue weighted by Crippen LogP contribution is -2.50. The molecule has 0 aromatic heterocycles. The normalized spacial score (nSPS) is 27.8. The molecule has 0 radical (unpaired) electrons. The van der Waals surface area contributed by atoms with E-state index in [0.717, 1.165) is 5.56 Å². The molecule has 8 nitrogen and oxygen atoms in total. The van der Waals surface area contributed by atoms with Crippen LogP contribution >= 0.6 is 0 Å². The van der Waals surface area contributed by atoms with Gasteiger partial charge in [0.1, 0.15) is 25.1 Å². The first kappa shape index (κ1) is 20.2. The van der Waals surface area contributed by atoms with E-state index < -0.39 is 36.0 Å². The summed E-state index contributed by atoms with van der Waals surface area (Å²) in [7, 11) is 1.36. The molecule has 2 rings (SSSR count). The van der Waals surface area contributed by atoms with Gasteiger partial charge in [-0.15, -0.1) is 0 Å². The number of benzene rings is 1. The Bertz CT molecular complexity index is 629. The van der Waals surface area contributed by atoms with Gasteiger partial charge < -0.3 is 28.8 Å². The number of hydrogen-bond donors (Lipinski definition) is 1. The highest BCUT2D eigenvalue weighted by Crippen LogP contribution is 2.34. The van der Waals surface area contributed by atoms with E-state index in [1.807, 2.05) is 19.1 Å². The molecule has 1 aromatic rings. The number of carbonyl (C=O) groups is 2. The van der Waals surface area contributed by atoms with Crippen molar-refractivity contribution in [3.63, 3.8) is 0 Å². The first-order valence-corrected chi connectivity index (χ1v) is 8.18. The van der Waals surface area contributed by atoms with Gasteiger partial charge in [0, 0.05) is 21.0 Å². The maximum atomic E-state index is 11.5. The van der Waals surface area contributed by atoms with Gasteiger partial charge in [-0.2, -0.15) is 0 Å². The van der Waals surface area contributed by atoms with Gasteiger partial charge in [-0.1, -0.05) is 17.7 Å². The van der Waals surface area contributed by atoms with Crippen LogP contribution in [0, 0.1) is 6.92 Å². The molecule has 0 saturated carbocycles. The van der Waals surface area contributed by atoms with Crippen LogP contribution in [0.2, 0.25) is 0 Å². The summed E-state index contributed by atoms with van der Waals surface area (Å²) < 4.78 is 26.7. The van der Waals surface area contributed by atoms with Gasteiger partial charge in [0.25, 0.3) is 0 Å². The van der Waals surface area contributed by atoms with E-state index in [-0.39, 0.29) is 13.2 Å². The largest absolute Gasteiger partial charge is 0.491 e. The number of hydrogen-bond acceptors (Lipinski definition) is 8. The third-order valence-electron chi connectivity index (χ3n) is 3.85. The molecule has 1 aromatic carbocycles. The number of methoxy groups -OCH3 is 1. The van der Waals surface area contributed by atoms with Crippen LogP contribution in [0.4, 0.5) is 0 Å². The number of carbonyl (C=O) groups excluding carboxylic acids is 2. The molecule has 1 fully saturated rings. The molecule has 1 unspecified atom stereocenters. The van der Waals surface area contributed by atoms with Crippen LogP contribution in [-0.2, 0) is 28.5 Å². The quantitative estimate of drug-likeness (QED) is 0.711. The average molecular weight is 368 g/mol. The predicted octanol–water partition coefficient (Wildman–Crippen LogP) is 0.971. The fraction of sp³-hybridized carbons (Fsp3) is 0.556. The van der Waals surface area contributed by atoms with Crippen LogP contribution in [0.3, 0.4) is 0 Å². The summed E-state index contributed by atoms with van der Waals surface area (Å²) in [6.07, 6.45) is -3.14. The molecule has 26 heavy (non-hydrogen) atoms. The van der Waals surface area contributed by atoms with Gasteiger partial charge in [-0.3, -0.25) is 9.59 Å². The minimum absolute atomic E-state index is 0.0230. The summed E-state index contributed by atoms with van der Waals surface area (Å²) >= 11 is 0. The standard InChI is InChI=1S/C18H24O8/c1-11-5-7-14(8-6-11)23-9-15-16(24-12(2)19)17(25-13(3)20)18(21,26-15)10-22-4/h5-8,15-17,21H,9-10H2,1-4H3/t15-,16-,17-,18?/m1/s1. The van der Waals surface area contributed by atoms with E-state index in [1.165, 1.54) is 21.0 Å². The molecule has 0 aliphatic carbocycles. The Balaban J connectivity index is 2.19. The highest BCUT2D eigenvalue weighted by molar-refractivity contribution is 5.67. The Morgan fingerprint density at radius 3 is 2.31 bits per heavy atom. The molecule has 0 spiro atoms. The van der Waals surface area contributed by atoms with Gasteiger partial charge >= 0.3 is 11.9 Å². The Morgan fingerprint density at radius 1 is 1.15 bits per heavy atom. The zero-order valence-corrected chi connectivity index (χ0v) is 15.3. The minimum Gasteiger partial charge on any atom is -0.491 e. The number of aliphatic hydroxyl groups is 1. The maximum Gasteiger partial charge on any atom is 0.303 e. The molecule has 0 amide bonds. The van der Waals surface area contributed by atoms with Crippen LogP contribution < -0.4 is 4.74 Å². The van der Waals surface area contributed by atoms with E-state index in [1.54, 1.807) is 12.1 Å². The van der Waals surface area contributed by atoms with E-state index in [0.29, 0.717) is 5.75 Å². The van der Waals surface area contributed by atoms with Crippen molar-refractivity contribution in [2.24, 2.45) is 0 Å². The third kappa shape index (κ3) is 4.94. The van der Waals surface area contributed by atoms with Crippen LogP contribution in [0.1, 0.15) is 19.4 Å². The average Bonchev–Trinajstić information content (AvgIpc) is 2.79. The molecule has 1 heterocycles. The molecular weight excluding hydrogens is 344 g/mol. The van der Waals surface area contributed by atoms with Crippen LogP contribution in [-0.4, -0.2) is 61.5 Å². The number of ether oxygens (including phenoxy) is 5. The summed E-state index contributed by atoms with van der Waals surface area (Å²) in [5.41, 5.74) is 1.08. The smallest absolute Gasteiger partial charge is 0.303 e. The number of rotatable bonds is 7. The van der Waals surface area contributed by atoms with Crippen LogP contribution in [0.5, 0.6) is 5.75 Å². The number of esters is 2. The summed E-state index contributed by atoms with van der Waals surface area (Å²) in [6.45, 7) is 4.06. The molecular formula is C18H24O8. The molecule has 1 N–H and O–H groups in total. The molecule has 1 aliphatic rings. The molecule has 4 atom stereocenters. The Morgan fingerprint density at radius 2 is 1.77 bits per heavy atom. The topological polar surface area (TPSA) is 101 Å². The highest BCUT2D eigenvalue weighted by atomic mass is 16.7. The first-order chi connectivity index (χ1) is 12.2. The van der Waals surface area contributed by atoms with Crippen molar-refractivity contribution in [3.05, 3.63) is 29.8 Å². The van der Waals surface area contributed by atoms with E-state index >= 15 is 0 Å². The molecule has 144 valence electrons. The highest BCUT2D eigenvalue weighted by Gasteiger charge is 2.59. The second-order valence-corrected chi connectivity index (χ2v) is 6.16. The second kappa shape index (κ2) is 8.48. The Hall–Kier alpha value is -2.16. The minimum atomic E-state index is -1.96. The number of aryl methyl sites for hydroxylation is 1. The molecule has 0 bridgehead atoms. The second-order valence-electron chi connectivity index (χ2n) is 6.16. The van der Waals surface area contributed by atoms with E-state index in [4.69, 9.17) is 23.7 Å². The Kier molecular flexibility index (Phi) is 6.57. The SMILES string of the molecule is COCC1(O)O[C@H](COc2ccc(C)cc2)[C@@H](OC(C)=O)[C@H]1OC(C)=O. The zero-order valence-electron chi connectivity index (χ0n) is 15.3. The first-order valence-electron chi connectivity index (χ1n) is 8.18. The fourth-order valence-electron chi connectivity index (χ4n) is 2.78. The van der Waals surface area contributed by atoms with Crippen LogP contribution in [0.15, 0.2) is 24.3 Å². The summed E-state index contributed by atoms with van der Waals surface area (Å²) in [5, 5.41) is 10.7. The van der Waals surface area contributed by atoms with Gasteiger partial charge in [-0.05, 0) is 19.1 Å². The van der Waals surface area contributed by atoms with Crippen molar-refractivity contribution in [1.82, 2.24) is 0 Å². The third-order valence-corrected chi connectivity index (χ3v) is 3.85. The Labute approximate surface area is 151 Å². The van der Waals surface area contributed by atoms with Gasteiger partial charge in [0.15, 0.2) is 12.2 Å². The summed E-state index contributed by atoms with van der Waals surface area (Å²) in [5.74, 6) is -2.61. The van der Waals surface area contributed by atoms with Gasteiger partial charge in [0.2, 0.25) is 5.79 Å². The van der Waals surface area contributed by atoms with Gasteiger partial charge in [-0.25, -0.2) is 0 Å². The molecule has 1 saturated heterocycles. The lowest BCUT2D eigenvalue weighted by Gasteiger charge is -2.28. The van der Waals surface area contributed by atoms with Crippen molar-refractivity contribution < 1.29 is 38.4 Å². The monoisotopic (exact) mass is 368 g/mol. The van der Waals surface area contributed by atoms with Crippen molar-refractivity contribution >= 4 is 11.9 Å². The van der Waals surface area contributed by atoms with E-state index in [2.05, 4.69) is 0 Å². The molecule has 1 aliphatic heterocycles. The fourth-order valence-corrected chi connectivity index (χ4v) is 2.78. The van der Waals surface area contributed by atoms with Crippen molar-refractivity contribution in [3.8, 4) is 5.75 Å². The van der Waals surface area contributed by atoms with Crippen molar-refractivity contribution in [1.29, 1.82) is 0 Å². The zero-order chi connectivity index (χ0) is 19.3. The van der Waals surface area contributed by atoms with Crippen molar-refractivity contribution in [2.75, 3.05) is 20.3 Å².